The predicted octanol–water partition coefficient (Wildman–Crippen LogP) is 3.12. The van der Waals surface area contributed by atoms with Crippen LogP contribution in [-0.2, 0) is 14.6 Å². The van der Waals surface area contributed by atoms with Gasteiger partial charge in [-0.2, -0.15) is 0 Å². The molecule has 0 aliphatic heterocycles. The first-order chi connectivity index (χ1) is 10.8. The van der Waals surface area contributed by atoms with Gasteiger partial charge in [-0.25, -0.2) is 12.8 Å². The van der Waals surface area contributed by atoms with Gasteiger partial charge in [0.05, 0.1) is 16.1 Å². The molecule has 0 amide bonds. The molecule has 1 saturated carbocycles. The van der Waals surface area contributed by atoms with E-state index in [1.165, 1.54) is 48.5 Å². The summed E-state index contributed by atoms with van der Waals surface area (Å²) in [5.74, 6) is -3.37. The summed E-state index contributed by atoms with van der Waals surface area (Å²) in [6, 6.07) is 10.8. The second-order valence-corrected chi connectivity index (χ2v) is 7.95. The van der Waals surface area contributed by atoms with Crippen LogP contribution < -0.4 is 0 Å². The number of carboxylic acid groups (broad SMARTS) is 1. The Hall–Kier alpha value is -1.92. The topological polar surface area (TPSA) is 71.4 Å². The summed E-state index contributed by atoms with van der Waals surface area (Å²) < 4.78 is 38.4. The summed E-state index contributed by atoms with van der Waals surface area (Å²) in [6.07, 6.45) is 0. The molecule has 0 radical (unpaired) electrons. The first-order valence-electron chi connectivity index (χ1n) is 6.80. The Kier molecular flexibility index (Phi) is 3.90. The van der Waals surface area contributed by atoms with E-state index in [9.17, 15) is 22.7 Å². The van der Waals surface area contributed by atoms with Crippen molar-refractivity contribution in [3.8, 4) is 0 Å². The monoisotopic (exact) mass is 354 g/mol. The average Bonchev–Trinajstić information content (AvgIpc) is 3.25. The van der Waals surface area contributed by atoms with E-state index in [-0.39, 0.29) is 4.90 Å². The lowest BCUT2D eigenvalue weighted by Crippen LogP contribution is -2.13. The number of hydrogen-bond acceptors (Lipinski definition) is 3. The van der Waals surface area contributed by atoms with Crippen LogP contribution in [0.25, 0.3) is 0 Å². The zero-order valence-electron chi connectivity index (χ0n) is 11.7. The molecule has 1 aliphatic carbocycles. The summed E-state index contributed by atoms with van der Waals surface area (Å²) in [7, 11) is -3.82. The van der Waals surface area contributed by atoms with Crippen LogP contribution in [0, 0.1) is 11.7 Å². The molecular formula is C16H12ClFO4S. The third-order valence-electron chi connectivity index (χ3n) is 3.99. The maximum Gasteiger partial charge on any atom is 0.308 e. The maximum absolute atomic E-state index is 13.0. The van der Waals surface area contributed by atoms with Crippen LogP contribution in [0.1, 0.15) is 11.5 Å². The van der Waals surface area contributed by atoms with Crippen molar-refractivity contribution in [3.63, 3.8) is 0 Å². The van der Waals surface area contributed by atoms with E-state index < -0.39 is 38.7 Å². The number of sulfone groups is 1. The van der Waals surface area contributed by atoms with Crippen LogP contribution in [0.4, 0.5) is 4.39 Å². The highest BCUT2D eigenvalue weighted by Gasteiger charge is 2.63. The van der Waals surface area contributed by atoms with Crippen LogP contribution in [0.5, 0.6) is 0 Å². The smallest absolute Gasteiger partial charge is 0.308 e. The molecule has 1 fully saturated rings. The Morgan fingerprint density at radius 3 is 2.13 bits per heavy atom. The fourth-order valence-electron chi connectivity index (χ4n) is 2.83. The number of hydrogen-bond donors (Lipinski definition) is 1. The summed E-state index contributed by atoms with van der Waals surface area (Å²) in [5, 5.41) is 8.63. The first-order valence-corrected chi connectivity index (χ1v) is 8.72. The lowest BCUT2D eigenvalue weighted by Gasteiger charge is -2.04. The molecule has 120 valence electrons. The first kappa shape index (κ1) is 16.0. The summed E-state index contributed by atoms with van der Waals surface area (Å²) in [5.41, 5.74) is 0.501. The van der Waals surface area contributed by atoms with Crippen molar-refractivity contribution < 1.29 is 22.7 Å². The van der Waals surface area contributed by atoms with Gasteiger partial charge in [0.1, 0.15) is 5.82 Å². The molecule has 1 N–H and O–H groups in total. The molecule has 23 heavy (non-hydrogen) atoms. The molecule has 4 nitrogen and oxygen atoms in total. The highest BCUT2D eigenvalue weighted by atomic mass is 35.5. The van der Waals surface area contributed by atoms with E-state index in [0.717, 1.165) is 0 Å². The fourth-order valence-corrected chi connectivity index (χ4v) is 5.08. The third-order valence-corrected chi connectivity index (χ3v) is 6.48. The van der Waals surface area contributed by atoms with Crippen LogP contribution >= 0.6 is 11.6 Å². The highest BCUT2D eigenvalue weighted by molar-refractivity contribution is 7.92. The Morgan fingerprint density at radius 2 is 1.61 bits per heavy atom. The van der Waals surface area contributed by atoms with E-state index in [1.54, 1.807) is 0 Å². The van der Waals surface area contributed by atoms with Crippen molar-refractivity contribution in [2.45, 2.75) is 16.1 Å². The molecule has 0 unspecified atom stereocenters. The molecule has 2 aromatic rings. The van der Waals surface area contributed by atoms with Crippen molar-refractivity contribution in [2.75, 3.05) is 0 Å². The minimum Gasteiger partial charge on any atom is -0.481 e. The lowest BCUT2D eigenvalue weighted by atomic mass is 10.1. The van der Waals surface area contributed by atoms with E-state index in [1.807, 2.05) is 0 Å². The number of rotatable bonds is 4. The standard InChI is InChI=1S/C16H12ClFO4S/c17-10-3-7-12(8-4-10)23(21,22)15-13(14(15)16(19)20)9-1-5-11(18)6-2-9/h1-8,13-15H,(H,19,20)/t13-,14+,15+/m0/s1. The van der Waals surface area contributed by atoms with Crippen LogP contribution in [0.3, 0.4) is 0 Å². The van der Waals surface area contributed by atoms with E-state index in [2.05, 4.69) is 0 Å². The number of carboxylic acids is 1. The quantitative estimate of drug-likeness (QED) is 0.915. The van der Waals surface area contributed by atoms with Gasteiger partial charge < -0.3 is 5.11 Å². The Labute approximate surface area is 137 Å². The molecular weight excluding hydrogens is 343 g/mol. The second kappa shape index (κ2) is 5.62. The lowest BCUT2D eigenvalue weighted by molar-refractivity contribution is -0.138. The average molecular weight is 355 g/mol. The molecule has 0 aromatic heterocycles. The highest BCUT2D eigenvalue weighted by Crippen LogP contribution is 2.54. The summed E-state index contributed by atoms with van der Waals surface area (Å²) >= 11 is 5.75. The molecule has 0 heterocycles. The Morgan fingerprint density at radius 1 is 1.04 bits per heavy atom. The molecule has 3 atom stereocenters. The SMILES string of the molecule is O=C(O)[C@@H]1[C@H](c2ccc(F)cc2)[C@H]1S(=O)(=O)c1ccc(Cl)cc1. The molecule has 1 aliphatic rings. The minimum atomic E-state index is -3.82. The molecule has 0 saturated heterocycles. The van der Waals surface area contributed by atoms with E-state index in [4.69, 9.17) is 11.6 Å². The Bertz CT molecular complexity index is 847. The van der Waals surface area contributed by atoms with Gasteiger partial charge >= 0.3 is 5.97 Å². The van der Waals surface area contributed by atoms with Crippen molar-refractivity contribution >= 4 is 27.4 Å². The van der Waals surface area contributed by atoms with Gasteiger partial charge in [0.15, 0.2) is 9.84 Å². The second-order valence-electron chi connectivity index (χ2n) is 5.40. The zero-order valence-corrected chi connectivity index (χ0v) is 13.3. The van der Waals surface area contributed by atoms with Gasteiger partial charge in [0.25, 0.3) is 0 Å². The van der Waals surface area contributed by atoms with Crippen molar-refractivity contribution in [3.05, 3.63) is 64.9 Å². The molecule has 3 rings (SSSR count). The van der Waals surface area contributed by atoms with Gasteiger partial charge in [0, 0.05) is 10.9 Å². The van der Waals surface area contributed by atoms with Gasteiger partial charge in [-0.3, -0.25) is 4.79 Å². The summed E-state index contributed by atoms with van der Waals surface area (Å²) in [4.78, 5) is 11.4. The molecule has 7 heteroatoms. The number of carbonyl (C=O) groups is 1. The Balaban J connectivity index is 1.98. The minimum absolute atomic E-state index is 0.0303. The van der Waals surface area contributed by atoms with Crippen LogP contribution in [-0.4, -0.2) is 24.7 Å². The number of benzene rings is 2. The fraction of sp³-hybridized carbons (Fsp3) is 0.188. The van der Waals surface area contributed by atoms with Gasteiger partial charge in [-0.05, 0) is 42.0 Å². The van der Waals surface area contributed by atoms with Crippen LogP contribution in [0.2, 0.25) is 5.02 Å². The molecule has 2 aromatic carbocycles. The van der Waals surface area contributed by atoms with Crippen molar-refractivity contribution in [1.29, 1.82) is 0 Å². The van der Waals surface area contributed by atoms with E-state index >= 15 is 0 Å². The van der Waals surface area contributed by atoms with Crippen molar-refractivity contribution in [1.82, 2.24) is 0 Å². The maximum atomic E-state index is 13.0. The number of halogens is 2. The zero-order chi connectivity index (χ0) is 16.8. The van der Waals surface area contributed by atoms with Gasteiger partial charge in [-0.1, -0.05) is 23.7 Å². The van der Waals surface area contributed by atoms with Crippen molar-refractivity contribution in [2.24, 2.45) is 5.92 Å². The summed E-state index contributed by atoms with van der Waals surface area (Å²) in [6.45, 7) is 0. The van der Waals surface area contributed by atoms with Crippen LogP contribution in [0.15, 0.2) is 53.4 Å². The van der Waals surface area contributed by atoms with Gasteiger partial charge in [-0.15, -0.1) is 0 Å². The predicted molar refractivity (Wildman–Crippen MR) is 82.7 cm³/mol. The third kappa shape index (κ3) is 2.84. The normalized spacial score (nSPS) is 23.5. The molecule has 0 bridgehead atoms. The number of aliphatic carboxylic acids is 1. The van der Waals surface area contributed by atoms with Gasteiger partial charge in [0.2, 0.25) is 0 Å². The van der Waals surface area contributed by atoms with E-state index in [0.29, 0.717) is 10.6 Å². The molecule has 0 spiro atoms. The largest absolute Gasteiger partial charge is 0.481 e.